The predicted molar refractivity (Wildman–Crippen MR) is 134 cm³/mol. The van der Waals surface area contributed by atoms with Crippen molar-refractivity contribution in [2.45, 2.75) is 70.0 Å². The molecular formula is C26H28ClN5O5. The summed E-state index contributed by atoms with van der Waals surface area (Å²) in [5.41, 5.74) is 3.99. The van der Waals surface area contributed by atoms with Crippen LogP contribution in [0.2, 0.25) is 5.28 Å². The minimum atomic E-state index is -0.872. The van der Waals surface area contributed by atoms with E-state index in [1.165, 1.54) is 25.0 Å². The van der Waals surface area contributed by atoms with Crippen LogP contribution in [0.15, 0.2) is 30.6 Å². The van der Waals surface area contributed by atoms with Gasteiger partial charge in [-0.2, -0.15) is 9.97 Å². The summed E-state index contributed by atoms with van der Waals surface area (Å²) < 4.78 is 19.0. The number of hydrogen-bond donors (Lipinski definition) is 0. The molecule has 2 aromatic heterocycles. The van der Waals surface area contributed by atoms with E-state index in [0.29, 0.717) is 23.4 Å². The zero-order valence-electron chi connectivity index (χ0n) is 20.9. The van der Waals surface area contributed by atoms with Crippen molar-refractivity contribution in [1.29, 1.82) is 0 Å². The van der Waals surface area contributed by atoms with Crippen LogP contribution in [-0.2, 0) is 35.6 Å². The number of rotatable bonds is 5. The zero-order valence-corrected chi connectivity index (χ0v) is 21.6. The van der Waals surface area contributed by atoms with Crippen LogP contribution in [0.25, 0.3) is 11.2 Å². The predicted octanol–water partition coefficient (Wildman–Crippen LogP) is 3.35. The Hall–Kier alpha value is -3.24. The number of halogens is 1. The summed E-state index contributed by atoms with van der Waals surface area (Å²) in [4.78, 5) is 39.6. The maximum absolute atomic E-state index is 12.0. The lowest BCUT2D eigenvalue weighted by atomic mass is 9.75. The number of nitrogens with zero attached hydrogens (tertiary/aromatic N) is 5. The molecule has 37 heavy (non-hydrogen) atoms. The van der Waals surface area contributed by atoms with Crippen LogP contribution in [0.1, 0.15) is 51.0 Å². The average Bonchev–Trinajstić information content (AvgIpc) is 3.51. The van der Waals surface area contributed by atoms with Crippen LogP contribution in [0.5, 0.6) is 0 Å². The minimum Gasteiger partial charge on any atom is -0.456 e. The summed E-state index contributed by atoms with van der Waals surface area (Å²) in [6, 6.07) is 8.64. The first kappa shape index (κ1) is 24.1. The zero-order chi connectivity index (χ0) is 25.9. The standard InChI is InChI=1S/C26H28ClN5O5/c1-4-18-20(35-14(2)33)21(36-15(3)34)24(37-18)32-13-28-19-22(29-25(27)30-23(19)32)31-11-26(12-31)10-9-16-7-5-6-8-17(16)26/h5-8,13,18,20-21,24H,4,9-12H2,1-3H3/t18-,20?,21+,24-/m1/s1. The van der Waals surface area contributed by atoms with Crippen LogP contribution in [0.4, 0.5) is 5.82 Å². The first-order chi connectivity index (χ1) is 17.8. The third-order valence-electron chi connectivity index (χ3n) is 7.69. The van der Waals surface area contributed by atoms with Gasteiger partial charge in [0.1, 0.15) is 6.10 Å². The molecule has 2 aliphatic heterocycles. The molecule has 1 unspecified atom stereocenters. The summed E-state index contributed by atoms with van der Waals surface area (Å²) in [6.45, 7) is 6.19. The molecule has 0 radical (unpaired) electrons. The number of esters is 2. The van der Waals surface area contributed by atoms with E-state index in [0.717, 1.165) is 25.9 Å². The maximum Gasteiger partial charge on any atom is 0.303 e. The fourth-order valence-corrected chi connectivity index (χ4v) is 6.28. The Bertz CT molecular complexity index is 1390. The number of carbonyl (C=O) groups is 2. The number of aryl methyl sites for hydroxylation is 1. The third-order valence-corrected chi connectivity index (χ3v) is 7.86. The summed E-state index contributed by atoms with van der Waals surface area (Å²) >= 11 is 6.41. The number of imidazole rings is 1. The van der Waals surface area contributed by atoms with Crippen molar-refractivity contribution in [2.75, 3.05) is 18.0 Å². The minimum absolute atomic E-state index is 0.0858. The van der Waals surface area contributed by atoms with Gasteiger partial charge >= 0.3 is 11.9 Å². The number of benzene rings is 1. The topological polar surface area (TPSA) is 109 Å². The molecule has 1 aromatic carbocycles. The molecule has 0 bridgehead atoms. The fraction of sp³-hybridized carbons (Fsp3) is 0.500. The Morgan fingerprint density at radius 1 is 1.14 bits per heavy atom. The van der Waals surface area contributed by atoms with Gasteiger partial charge in [0.2, 0.25) is 5.28 Å². The second-order valence-corrected chi connectivity index (χ2v) is 10.4. The highest BCUT2D eigenvalue weighted by atomic mass is 35.5. The Morgan fingerprint density at radius 3 is 2.59 bits per heavy atom. The molecule has 2 fully saturated rings. The van der Waals surface area contributed by atoms with Crippen LogP contribution in [-0.4, -0.2) is 62.9 Å². The van der Waals surface area contributed by atoms with Gasteiger partial charge in [-0.15, -0.1) is 0 Å². The van der Waals surface area contributed by atoms with Crippen LogP contribution >= 0.6 is 11.6 Å². The molecule has 3 aliphatic rings. The van der Waals surface area contributed by atoms with E-state index in [2.05, 4.69) is 44.1 Å². The number of hydrogen-bond acceptors (Lipinski definition) is 9. The fourth-order valence-electron chi connectivity index (χ4n) is 6.12. The Labute approximate surface area is 218 Å². The Kier molecular flexibility index (Phi) is 5.83. The normalized spacial score (nSPS) is 25.8. The average molecular weight is 526 g/mol. The van der Waals surface area contributed by atoms with Crippen molar-refractivity contribution < 1.29 is 23.8 Å². The van der Waals surface area contributed by atoms with Gasteiger partial charge in [-0.1, -0.05) is 31.2 Å². The van der Waals surface area contributed by atoms with Crippen LogP contribution in [0.3, 0.4) is 0 Å². The Balaban J connectivity index is 1.34. The number of ether oxygens (including phenoxy) is 3. The van der Waals surface area contributed by atoms with E-state index >= 15 is 0 Å². The van der Waals surface area contributed by atoms with Gasteiger partial charge in [-0.3, -0.25) is 14.2 Å². The Morgan fingerprint density at radius 2 is 1.86 bits per heavy atom. The molecule has 0 saturated carbocycles. The van der Waals surface area contributed by atoms with E-state index in [1.807, 2.05) is 6.92 Å². The van der Waals surface area contributed by atoms with Gasteiger partial charge in [0.05, 0.1) is 6.33 Å². The highest BCUT2D eigenvalue weighted by molar-refractivity contribution is 6.28. The van der Waals surface area contributed by atoms with Crippen molar-refractivity contribution in [1.82, 2.24) is 19.5 Å². The molecule has 194 valence electrons. The van der Waals surface area contributed by atoms with E-state index < -0.39 is 36.5 Å². The quantitative estimate of drug-likeness (QED) is 0.366. The SMILES string of the molecule is CC[C@H]1O[C@@H](n2cnc3c(N4CC5(CCc6ccccc65)C4)nc(Cl)nc32)[C@@H](OC(C)=O)C1OC(C)=O. The first-order valence-electron chi connectivity index (χ1n) is 12.5. The molecule has 2 saturated heterocycles. The van der Waals surface area contributed by atoms with E-state index in [-0.39, 0.29) is 10.7 Å². The number of aromatic nitrogens is 4. The van der Waals surface area contributed by atoms with Crippen molar-refractivity contribution in [3.05, 3.63) is 47.0 Å². The number of fused-ring (bicyclic) bond motifs is 3. The lowest BCUT2D eigenvalue weighted by molar-refractivity contribution is -0.165. The van der Waals surface area contributed by atoms with Crippen LogP contribution in [0, 0.1) is 0 Å². The van der Waals surface area contributed by atoms with Crippen LogP contribution < -0.4 is 4.90 Å². The van der Waals surface area contributed by atoms with E-state index in [1.54, 1.807) is 10.9 Å². The number of anilines is 1. The first-order valence-corrected chi connectivity index (χ1v) is 12.9. The lowest BCUT2D eigenvalue weighted by Crippen LogP contribution is -2.58. The summed E-state index contributed by atoms with van der Waals surface area (Å²) in [6.07, 6.45) is 1.43. The van der Waals surface area contributed by atoms with Gasteiger partial charge in [0.15, 0.2) is 35.4 Å². The summed E-state index contributed by atoms with van der Waals surface area (Å²) in [5.74, 6) is -0.324. The monoisotopic (exact) mass is 525 g/mol. The summed E-state index contributed by atoms with van der Waals surface area (Å²) in [7, 11) is 0. The second-order valence-electron chi connectivity index (χ2n) is 10.1. The van der Waals surface area contributed by atoms with Gasteiger partial charge in [0, 0.05) is 32.4 Å². The molecule has 11 heteroatoms. The van der Waals surface area contributed by atoms with Crippen molar-refractivity contribution in [3.8, 4) is 0 Å². The smallest absolute Gasteiger partial charge is 0.303 e. The molecule has 6 rings (SSSR count). The highest BCUT2D eigenvalue weighted by Crippen LogP contribution is 2.47. The maximum atomic E-state index is 12.0. The molecule has 0 N–H and O–H groups in total. The molecule has 0 amide bonds. The summed E-state index contributed by atoms with van der Waals surface area (Å²) in [5, 5.41) is 0.0858. The lowest BCUT2D eigenvalue weighted by Gasteiger charge is -2.49. The van der Waals surface area contributed by atoms with Crippen molar-refractivity contribution >= 4 is 40.5 Å². The molecule has 1 spiro atoms. The third kappa shape index (κ3) is 3.93. The van der Waals surface area contributed by atoms with Gasteiger partial charge < -0.3 is 19.1 Å². The molecule has 1 aliphatic carbocycles. The second kappa shape index (κ2) is 8.95. The molecule has 4 atom stereocenters. The van der Waals surface area contributed by atoms with E-state index in [9.17, 15) is 9.59 Å². The highest BCUT2D eigenvalue weighted by Gasteiger charge is 2.51. The van der Waals surface area contributed by atoms with Crippen molar-refractivity contribution in [3.63, 3.8) is 0 Å². The molecular weight excluding hydrogens is 498 g/mol. The number of carbonyl (C=O) groups excluding carboxylic acids is 2. The molecule has 10 nitrogen and oxygen atoms in total. The van der Waals surface area contributed by atoms with Crippen molar-refractivity contribution in [2.24, 2.45) is 0 Å². The van der Waals surface area contributed by atoms with Gasteiger partial charge in [0.25, 0.3) is 0 Å². The van der Waals surface area contributed by atoms with Gasteiger partial charge in [-0.05, 0) is 42.0 Å². The molecule has 3 aromatic rings. The van der Waals surface area contributed by atoms with E-state index in [4.69, 9.17) is 25.8 Å². The van der Waals surface area contributed by atoms with Gasteiger partial charge in [-0.25, -0.2) is 4.98 Å². The molecule has 4 heterocycles. The largest absolute Gasteiger partial charge is 0.456 e.